The van der Waals surface area contributed by atoms with Crippen molar-refractivity contribution in [2.75, 3.05) is 13.6 Å². The van der Waals surface area contributed by atoms with E-state index in [1.54, 1.807) is 6.08 Å². The number of allylic oxidation sites excluding steroid dienone is 1. The molecule has 0 bridgehead atoms. The van der Waals surface area contributed by atoms with Crippen molar-refractivity contribution < 1.29 is 4.79 Å². The van der Waals surface area contributed by atoms with Crippen LogP contribution in [0.3, 0.4) is 0 Å². The van der Waals surface area contributed by atoms with Gasteiger partial charge >= 0.3 is 0 Å². The maximum Gasteiger partial charge on any atom is 0.179 e. The lowest BCUT2D eigenvalue weighted by molar-refractivity contribution is -0.120. The molecule has 0 spiro atoms. The topological polar surface area (TPSA) is 32.3 Å². The molecule has 0 radical (unpaired) electrons. The van der Waals surface area contributed by atoms with E-state index >= 15 is 0 Å². The number of fused-ring (bicyclic) bond motifs is 1. The van der Waals surface area contributed by atoms with Crippen molar-refractivity contribution in [3.63, 3.8) is 0 Å². The van der Waals surface area contributed by atoms with E-state index in [2.05, 4.69) is 24.1 Å². The number of likely N-dealkylation sites (N-methyl/N-ethyl adjacent to an activating group) is 1. The monoisotopic (exact) mass is 208 g/mol. The molecule has 84 valence electrons. The molecule has 0 aromatic heterocycles. The molecule has 3 nitrogen and oxygen atoms in total. The Morgan fingerprint density at radius 3 is 2.80 bits per heavy atom. The second kappa shape index (κ2) is 3.34. The predicted octanol–water partition coefficient (Wildman–Crippen LogP) is 1.16. The highest BCUT2D eigenvalue weighted by molar-refractivity contribution is 5.97. The summed E-state index contributed by atoms with van der Waals surface area (Å²) in [5, 5.41) is 3.36. The summed E-state index contributed by atoms with van der Waals surface area (Å²) in [5.74, 6) is 0.287. The third-order valence-corrected chi connectivity index (χ3v) is 3.90. The summed E-state index contributed by atoms with van der Waals surface area (Å²) in [6.07, 6.45) is 2.74. The summed E-state index contributed by atoms with van der Waals surface area (Å²) in [4.78, 5) is 14.0. The second-order valence-corrected chi connectivity index (χ2v) is 5.39. The predicted molar refractivity (Wildman–Crippen MR) is 60.5 cm³/mol. The molecule has 2 unspecified atom stereocenters. The fourth-order valence-electron chi connectivity index (χ4n) is 2.83. The van der Waals surface area contributed by atoms with Gasteiger partial charge < -0.3 is 10.2 Å². The van der Waals surface area contributed by atoms with E-state index in [1.165, 1.54) is 0 Å². The van der Waals surface area contributed by atoms with Crippen LogP contribution < -0.4 is 5.32 Å². The van der Waals surface area contributed by atoms with Crippen molar-refractivity contribution in [2.24, 2.45) is 5.41 Å². The van der Waals surface area contributed by atoms with Gasteiger partial charge in [-0.2, -0.15) is 0 Å². The summed E-state index contributed by atoms with van der Waals surface area (Å²) in [6, 6.07) is 0.563. The van der Waals surface area contributed by atoms with E-state index in [4.69, 9.17) is 0 Å². The molecule has 0 saturated carbocycles. The molecule has 15 heavy (non-hydrogen) atoms. The van der Waals surface area contributed by atoms with Crippen LogP contribution in [0.5, 0.6) is 0 Å². The van der Waals surface area contributed by atoms with Crippen LogP contribution in [0, 0.1) is 5.41 Å². The number of nitrogens with zero attached hydrogens (tertiary/aromatic N) is 1. The first kappa shape index (κ1) is 10.7. The summed E-state index contributed by atoms with van der Waals surface area (Å²) in [7, 11) is 2.00. The Bertz CT molecular complexity index is 320. The molecule has 2 aliphatic rings. The number of piperidine rings is 1. The highest BCUT2D eigenvalue weighted by Gasteiger charge is 2.44. The van der Waals surface area contributed by atoms with Crippen LogP contribution >= 0.6 is 0 Å². The molecule has 1 saturated heterocycles. The van der Waals surface area contributed by atoms with Crippen LogP contribution in [0.1, 0.15) is 27.2 Å². The van der Waals surface area contributed by atoms with Crippen LogP contribution in [-0.2, 0) is 4.79 Å². The van der Waals surface area contributed by atoms with Crippen LogP contribution in [0.4, 0.5) is 0 Å². The van der Waals surface area contributed by atoms with Crippen molar-refractivity contribution in [2.45, 2.75) is 39.3 Å². The lowest BCUT2D eigenvalue weighted by Crippen LogP contribution is -2.57. The van der Waals surface area contributed by atoms with E-state index in [0.717, 1.165) is 18.7 Å². The molecule has 1 fully saturated rings. The number of nitrogens with one attached hydrogen (secondary N) is 1. The molecule has 2 atom stereocenters. The molecule has 2 rings (SSSR count). The molecule has 1 N–H and O–H groups in total. The molecular weight excluding hydrogens is 188 g/mol. The van der Waals surface area contributed by atoms with Crippen LogP contribution in [0.15, 0.2) is 11.8 Å². The van der Waals surface area contributed by atoms with Gasteiger partial charge in [0.05, 0.1) is 6.04 Å². The molecule has 0 amide bonds. The van der Waals surface area contributed by atoms with Crippen LogP contribution in [-0.4, -0.2) is 36.4 Å². The fourth-order valence-corrected chi connectivity index (χ4v) is 2.83. The van der Waals surface area contributed by atoms with E-state index in [-0.39, 0.29) is 17.2 Å². The first-order chi connectivity index (χ1) is 6.95. The van der Waals surface area contributed by atoms with Gasteiger partial charge in [-0.05, 0) is 25.8 Å². The van der Waals surface area contributed by atoms with Gasteiger partial charge in [0.15, 0.2) is 5.78 Å². The normalized spacial score (nSPS) is 34.0. The van der Waals surface area contributed by atoms with Crippen LogP contribution in [0.25, 0.3) is 0 Å². The molecule has 0 aromatic rings. The number of hydrogen-bond donors (Lipinski definition) is 1. The van der Waals surface area contributed by atoms with Crippen LogP contribution in [0.2, 0.25) is 0 Å². The number of carbonyl (C=O) groups excluding carboxylic acids is 1. The highest BCUT2D eigenvalue weighted by atomic mass is 16.1. The van der Waals surface area contributed by atoms with Crippen molar-refractivity contribution >= 4 is 5.78 Å². The van der Waals surface area contributed by atoms with Gasteiger partial charge in [-0.15, -0.1) is 0 Å². The van der Waals surface area contributed by atoms with Gasteiger partial charge in [-0.3, -0.25) is 4.79 Å². The summed E-state index contributed by atoms with van der Waals surface area (Å²) in [6.45, 7) is 7.46. The smallest absolute Gasteiger partial charge is 0.179 e. The zero-order valence-corrected chi connectivity index (χ0v) is 10.0. The summed E-state index contributed by atoms with van der Waals surface area (Å²) >= 11 is 0. The number of rotatable bonds is 1. The summed E-state index contributed by atoms with van der Waals surface area (Å²) in [5.41, 5.74) is 1.32. The van der Waals surface area contributed by atoms with Crippen molar-refractivity contribution in [3.05, 3.63) is 11.8 Å². The molecule has 3 heteroatoms. The number of carbonyl (C=O) groups is 1. The van der Waals surface area contributed by atoms with Crippen molar-refractivity contribution in [3.8, 4) is 0 Å². The first-order valence-corrected chi connectivity index (χ1v) is 5.62. The Balaban J connectivity index is 2.23. The Labute approximate surface area is 91.5 Å². The van der Waals surface area contributed by atoms with Gasteiger partial charge in [-0.25, -0.2) is 0 Å². The average Bonchev–Trinajstić information content (AvgIpc) is 2.39. The SMILES string of the molecule is CNC1CN2C(C)=CC(=O)C2CC1(C)C. The Kier molecular flexibility index (Phi) is 2.38. The third kappa shape index (κ3) is 1.59. The van der Waals surface area contributed by atoms with E-state index in [0.29, 0.717) is 6.04 Å². The molecule has 0 aliphatic carbocycles. The zero-order valence-electron chi connectivity index (χ0n) is 10.0. The van der Waals surface area contributed by atoms with Gasteiger partial charge in [0.2, 0.25) is 0 Å². The Morgan fingerprint density at radius 2 is 2.20 bits per heavy atom. The van der Waals surface area contributed by atoms with Gasteiger partial charge in [0.25, 0.3) is 0 Å². The lowest BCUT2D eigenvalue weighted by atomic mass is 9.74. The number of ketones is 1. The number of hydrogen-bond acceptors (Lipinski definition) is 3. The maximum atomic E-state index is 11.8. The highest BCUT2D eigenvalue weighted by Crippen LogP contribution is 2.38. The third-order valence-electron chi connectivity index (χ3n) is 3.90. The Hall–Kier alpha value is -0.830. The second-order valence-electron chi connectivity index (χ2n) is 5.39. The van der Waals surface area contributed by atoms with Crippen molar-refractivity contribution in [1.29, 1.82) is 0 Å². The quantitative estimate of drug-likeness (QED) is 0.702. The molecule has 0 aromatic carbocycles. The van der Waals surface area contributed by atoms with E-state index in [9.17, 15) is 4.79 Å². The average molecular weight is 208 g/mol. The standard InChI is InChI=1S/C12H20N2O/c1-8-5-10(15)9-6-12(2,3)11(13-4)7-14(8)9/h5,9,11,13H,6-7H2,1-4H3. The van der Waals surface area contributed by atoms with Gasteiger partial charge in [-0.1, -0.05) is 13.8 Å². The van der Waals surface area contributed by atoms with Gasteiger partial charge in [0.1, 0.15) is 0 Å². The molecule has 2 aliphatic heterocycles. The molecular formula is C12H20N2O. The van der Waals surface area contributed by atoms with Gasteiger partial charge in [0, 0.05) is 24.4 Å². The zero-order chi connectivity index (χ0) is 11.2. The largest absolute Gasteiger partial charge is 0.363 e. The lowest BCUT2D eigenvalue weighted by Gasteiger charge is -2.47. The van der Waals surface area contributed by atoms with E-state index in [1.807, 2.05) is 14.0 Å². The minimum Gasteiger partial charge on any atom is -0.363 e. The van der Waals surface area contributed by atoms with E-state index < -0.39 is 0 Å². The summed E-state index contributed by atoms with van der Waals surface area (Å²) < 4.78 is 0. The minimum absolute atomic E-state index is 0.101. The first-order valence-electron chi connectivity index (χ1n) is 5.62. The maximum absolute atomic E-state index is 11.8. The minimum atomic E-state index is 0.101. The fraction of sp³-hybridized carbons (Fsp3) is 0.750. The Morgan fingerprint density at radius 1 is 1.53 bits per heavy atom. The molecule has 2 heterocycles. The van der Waals surface area contributed by atoms with Crippen molar-refractivity contribution in [1.82, 2.24) is 10.2 Å².